The van der Waals surface area contributed by atoms with E-state index in [-0.39, 0.29) is 16.0 Å². The normalized spacial score (nSPS) is 13.1. The van der Waals surface area contributed by atoms with Crippen molar-refractivity contribution in [2.45, 2.75) is 123 Å². The Morgan fingerprint density at radius 1 is 0.707 bits per heavy atom. The molecule has 0 unspecified atom stereocenters. The molecule has 0 aromatic heterocycles. The number of carbonyl (C=O) groups is 1. The third-order valence-electron chi connectivity index (χ3n) is 6.90. The summed E-state index contributed by atoms with van der Waals surface area (Å²) in [6.07, 6.45) is 4.38. The van der Waals surface area contributed by atoms with E-state index in [0.29, 0.717) is 6.42 Å². The molecule has 0 amide bonds. The van der Waals surface area contributed by atoms with Gasteiger partial charge in [0, 0.05) is 17.5 Å². The molecule has 0 aliphatic carbocycles. The molecule has 6 heteroatoms. The first-order chi connectivity index (χ1) is 18.9. The van der Waals surface area contributed by atoms with E-state index in [4.69, 9.17) is 13.6 Å². The molecule has 2 aromatic rings. The highest BCUT2D eigenvalue weighted by Gasteiger charge is 2.33. The highest BCUT2D eigenvalue weighted by molar-refractivity contribution is 6.32. The minimum absolute atomic E-state index is 0.132. The van der Waals surface area contributed by atoms with Crippen LogP contribution in [0.5, 0.6) is 0 Å². The number of unbranched alkanes of at least 4 members (excludes halogenated alkanes) is 2. The van der Waals surface area contributed by atoms with Crippen molar-refractivity contribution in [2.24, 2.45) is 0 Å². The van der Waals surface area contributed by atoms with Crippen LogP contribution in [0.25, 0.3) is 0 Å². The largest absolute Gasteiger partial charge is 0.469 e. The summed E-state index contributed by atoms with van der Waals surface area (Å²) in [5.41, 5.74) is 4.76. The molecule has 4 nitrogen and oxygen atoms in total. The molecule has 0 aliphatic heterocycles. The summed E-state index contributed by atoms with van der Waals surface area (Å²) >= 11 is 0. The van der Waals surface area contributed by atoms with Gasteiger partial charge in [0.15, 0.2) is 19.5 Å². The average Bonchev–Trinajstić information content (AvgIpc) is 2.89. The van der Waals surface area contributed by atoms with Crippen molar-refractivity contribution in [3.63, 3.8) is 0 Å². The van der Waals surface area contributed by atoms with Gasteiger partial charge in [-0.05, 0) is 98.0 Å². The Morgan fingerprint density at radius 3 is 1.83 bits per heavy atom. The monoisotopic (exact) mass is 594 g/mol. The summed E-state index contributed by atoms with van der Waals surface area (Å²) in [5, 5.41) is 0.415. The van der Waals surface area contributed by atoms with Crippen LogP contribution in [0.4, 0.5) is 0 Å². The quantitative estimate of drug-likeness (QED) is 0.111. The predicted molar refractivity (Wildman–Crippen MR) is 178 cm³/mol. The van der Waals surface area contributed by atoms with Crippen molar-refractivity contribution in [3.8, 4) is 11.8 Å². The molecule has 226 valence electrons. The van der Waals surface area contributed by atoms with Crippen molar-refractivity contribution >= 4 is 25.5 Å². The van der Waals surface area contributed by atoms with E-state index in [1.54, 1.807) is 0 Å². The second-order valence-corrected chi connectivity index (χ2v) is 20.0. The molecule has 0 atom stereocenters. The summed E-state index contributed by atoms with van der Waals surface area (Å²) < 4.78 is 18.1. The molecule has 0 bridgehead atoms. The molecule has 0 aliphatic rings. The zero-order valence-electron chi connectivity index (χ0n) is 27.6. The van der Waals surface area contributed by atoms with E-state index in [2.05, 4.69) is 124 Å². The van der Waals surface area contributed by atoms with Gasteiger partial charge in [0.2, 0.25) is 0 Å². The van der Waals surface area contributed by atoms with Crippen LogP contribution < -0.4 is 0 Å². The Bertz CT molecular complexity index is 1210. The zero-order chi connectivity index (χ0) is 30.9. The number of benzene rings is 2. The van der Waals surface area contributed by atoms with Crippen LogP contribution in [0.3, 0.4) is 0 Å². The maximum Gasteiger partial charge on any atom is 0.305 e. The highest BCUT2D eigenvalue weighted by Crippen LogP contribution is 2.38. The Morgan fingerprint density at radius 2 is 1.27 bits per heavy atom. The van der Waals surface area contributed by atoms with Crippen LogP contribution in [0.1, 0.15) is 123 Å². The van der Waals surface area contributed by atoms with Crippen molar-refractivity contribution in [3.05, 3.63) is 70.3 Å². The molecule has 41 heavy (non-hydrogen) atoms. The summed E-state index contributed by atoms with van der Waals surface area (Å²) in [7, 11) is -0.0726. The number of methoxy groups -OCH3 is 1. The van der Waals surface area contributed by atoms with Gasteiger partial charge in [-0.3, -0.25) is 4.79 Å². The third kappa shape index (κ3) is 12.7. The number of hydrogen-bond donors (Lipinski definition) is 0. The lowest BCUT2D eigenvalue weighted by Crippen LogP contribution is -2.34. The van der Waals surface area contributed by atoms with E-state index in [1.165, 1.54) is 18.2 Å². The molecule has 2 rings (SSSR count). The van der Waals surface area contributed by atoms with Gasteiger partial charge in [0.05, 0.1) is 18.3 Å². The van der Waals surface area contributed by atoms with Crippen molar-refractivity contribution in [1.82, 2.24) is 0 Å². The lowest BCUT2D eigenvalue weighted by molar-refractivity contribution is -0.140. The van der Waals surface area contributed by atoms with Crippen LogP contribution in [-0.4, -0.2) is 32.6 Å². The molecular formula is C35H54O4Si2. The van der Waals surface area contributed by atoms with Gasteiger partial charge in [0.25, 0.3) is 0 Å². The fraction of sp³-hybridized carbons (Fsp3) is 0.571. The smallest absolute Gasteiger partial charge is 0.305 e. The van der Waals surface area contributed by atoms with Gasteiger partial charge in [-0.25, -0.2) is 0 Å². The number of esters is 1. The van der Waals surface area contributed by atoms with E-state index < -0.39 is 30.7 Å². The van der Waals surface area contributed by atoms with Crippen LogP contribution in [0.2, 0.25) is 10.1 Å². The Balaban J connectivity index is 2.31. The first kappa shape index (κ1) is 35.0. The first-order valence-electron chi connectivity index (χ1n) is 15.0. The highest BCUT2D eigenvalue weighted by atomic mass is 28.2. The predicted octanol–water partition coefficient (Wildman–Crippen LogP) is 7.47. The standard InChI is InChI=1S/C35H54O4Si2/c1-32(2,3)40-38-34(7,8)29-23-22-28(25-30(29)35(9,10)39-41-33(4,5)6)21-20-27-18-15-17-26(24-27)16-13-12-14-19-31(36)37-11/h15,17-18,22-25H,12-14,16,19,40-41H2,1-11H3. The van der Waals surface area contributed by atoms with Gasteiger partial charge in [-0.2, -0.15) is 0 Å². The Hall–Kier alpha value is -2.18. The maximum atomic E-state index is 11.3. The molecule has 0 fully saturated rings. The summed E-state index contributed by atoms with van der Waals surface area (Å²) in [6, 6.07) is 15.0. The van der Waals surface area contributed by atoms with E-state index in [9.17, 15) is 4.79 Å². The molecular weight excluding hydrogens is 541 g/mol. The fourth-order valence-corrected chi connectivity index (χ4v) is 6.32. The van der Waals surface area contributed by atoms with Gasteiger partial charge >= 0.3 is 5.97 Å². The van der Waals surface area contributed by atoms with Crippen molar-refractivity contribution in [1.29, 1.82) is 0 Å². The number of rotatable bonds is 12. The van der Waals surface area contributed by atoms with E-state index >= 15 is 0 Å². The summed E-state index contributed by atoms with van der Waals surface area (Å²) in [6.45, 7) is 22.3. The van der Waals surface area contributed by atoms with E-state index in [1.807, 2.05) is 0 Å². The molecule has 0 N–H and O–H groups in total. The van der Waals surface area contributed by atoms with Crippen molar-refractivity contribution < 1.29 is 18.4 Å². The number of aryl methyl sites for hydroxylation is 1. The van der Waals surface area contributed by atoms with Gasteiger partial charge < -0.3 is 13.6 Å². The van der Waals surface area contributed by atoms with Crippen LogP contribution in [0.15, 0.2) is 42.5 Å². The SMILES string of the molecule is COC(=O)CCCCCc1cccc(C#Cc2ccc(C(C)(C)O[SiH2]C(C)(C)C)c(C(C)(C)O[SiH2]C(C)(C)C)c2)c1. The lowest BCUT2D eigenvalue weighted by Gasteiger charge is -2.37. The average molecular weight is 595 g/mol. The number of hydrogen-bond acceptors (Lipinski definition) is 4. The zero-order valence-corrected chi connectivity index (χ0v) is 30.5. The minimum Gasteiger partial charge on any atom is -0.469 e. The third-order valence-corrected chi connectivity index (χ3v) is 10.4. The fourth-order valence-electron chi connectivity index (χ4n) is 4.42. The molecule has 0 heterocycles. The first-order valence-corrected chi connectivity index (χ1v) is 17.6. The van der Waals surface area contributed by atoms with E-state index in [0.717, 1.165) is 42.4 Å². The van der Waals surface area contributed by atoms with Gasteiger partial charge in [0.1, 0.15) is 0 Å². The molecule has 2 aromatic carbocycles. The Labute approximate surface area is 255 Å². The molecule has 0 saturated heterocycles. The minimum atomic E-state index is -0.770. The second kappa shape index (κ2) is 14.8. The second-order valence-electron chi connectivity index (χ2n) is 14.6. The van der Waals surface area contributed by atoms with Crippen LogP contribution >= 0.6 is 0 Å². The lowest BCUT2D eigenvalue weighted by atomic mass is 9.84. The van der Waals surface area contributed by atoms with Crippen molar-refractivity contribution in [2.75, 3.05) is 7.11 Å². The van der Waals surface area contributed by atoms with Gasteiger partial charge in [-0.1, -0.05) is 78.0 Å². The Kier molecular flexibility index (Phi) is 12.7. The number of carbonyl (C=O) groups excluding carboxylic acids is 1. The maximum absolute atomic E-state index is 11.3. The molecule has 0 saturated carbocycles. The van der Waals surface area contributed by atoms with Crippen LogP contribution in [0, 0.1) is 11.8 Å². The topological polar surface area (TPSA) is 44.8 Å². The van der Waals surface area contributed by atoms with Gasteiger partial charge in [-0.15, -0.1) is 0 Å². The molecule has 0 radical (unpaired) electrons. The summed E-state index contributed by atoms with van der Waals surface area (Å²) in [4.78, 5) is 11.3. The molecule has 0 spiro atoms. The van der Waals surface area contributed by atoms with Crippen LogP contribution in [-0.2, 0) is 36.0 Å². The number of ether oxygens (including phenoxy) is 1. The summed E-state index contributed by atoms with van der Waals surface area (Å²) in [5.74, 6) is 6.69.